The maximum Gasteiger partial charge on any atom is 0.139 e. The lowest BCUT2D eigenvalue weighted by Gasteiger charge is -2.41. The molecule has 0 spiro atoms. The number of nitrogens with zero attached hydrogens (tertiary/aromatic N) is 1. The number of Topliss-reactive ketones (excluding diaryl/α,β-unsaturated/α-hetero) is 1. The van der Waals surface area contributed by atoms with Crippen molar-refractivity contribution in [2.45, 2.75) is 31.3 Å². The first-order chi connectivity index (χ1) is 6.68. The second-order valence-electron chi connectivity index (χ2n) is 4.90. The van der Waals surface area contributed by atoms with Crippen LogP contribution in [-0.4, -0.2) is 54.4 Å². The minimum absolute atomic E-state index is 0.0284. The van der Waals surface area contributed by atoms with Crippen LogP contribution in [-0.2, 0) is 4.79 Å². The van der Waals surface area contributed by atoms with Gasteiger partial charge in [-0.1, -0.05) is 7.92 Å². The molecule has 0 aromatic rings. The van der Waals surface area contributed by atoms with Gasteiger partial charge in [-0.3, -0.25) is 4.79 Å². The molecule has 0 radical (unpaired) electrons. The Kier molecular flexibility index (Phi) is 6.39. The van der Waals surface area contributed by atoms with Crippen LogP contribution in [0.3, 0.4) is 0 Å². The number of thioether (sulfide) groups is 1. The molecule has 0 aliphatic carbocycles. The second kappa shape index (κ2) is 6.22. The van der Waals surface area contributed by atoms with Crippen molar-refractivity contribution in [2.24, 2.45) is 0 Å². The molecule has 1 atom stereocenters. The van der Waals surface area contributed by atoms with Crippen molar-refractivity contribution in [1.29, 1.82) is 0 Å². The molecule has 0 aromatic carbocycles. The van der Waals surface area contributed by atoms with Crippen LogP contribution >= 0.6 is 19.7 Å². The SMILES string of the molecule is CC(=O)CSC(C)(C)C(N(C)C)P(C)C. The van der Waals surface area contributed by atoms with Crippen LogP contribution in [0, 0.1) is 0 Å². The van der Waals surface area contributed by atoms with Crippen LogP contribution in [0.4, 0.5) is 0 Å². The van der Waals surface area contributed by atoms with Gasteiger partial charge < -0.3 is 4.90 Å². The highest BCUT2D eigenvalue weighted by Crippen LogP contribution is 2.46. The third-order valence-electron chi connectivity index (χ3n) is 2.25. The first-order valence-corrected chi connectivity index (χ1v) is 8.44. The molecule has 4 heteroatoms. The third kappa shape index (κ3) is 5.33. The molecule has 0 saturated heterocycles. The number of carbonyl (C=O) groups excluding carboxylic acids is 1. The van der Waals surface area contributed by atoms with E-state index in [-0.39, 0.29) is 18.5 Å². The van der Waals surface area contributed by atoms with Crippen LogP contribution in [0.25, 0.3) is 0 Å². The second-order valence-corrected chi connectivity index (χ2v) is 8.94. The lowest BCUT2D eigenvalue weighted by Crippen LogP contribution is -2.42. The van der Waals surface area contributed by atoms with Gasteiger partial charge in [0.15, 0.2) is 0 Å². The van der Waals surface area contributed by atoms with Gasteiger partial charge in [-0.05, 0) is 48.2 Å². The molecule has 0 saturated carbocycles. The zero-order valence-electron chi connectivity index (χ0n) is 11.0. The third-order valence-corrected chi connectivity index (χ3v) is 6.03. The van der Waals surface area contributed by atoms with E-state index in [1.54, 1.807) is 18.7 Å². The molecule has 1 unspecified atom stereocenters. The summed E-state index contributed by atoms with van der Waals surface area (Å²) in [6, 6.07) is 0. The van der Waals surface area contributed by atoms with Gasteiger partial charge in [0.1, 0.15) is 5.78 Å². The number of carbonyl (C=O) groups is 1. The van der Waals surface area contributed by atoms with E-state index in [1.807, 2.05) is 0 Å². The Morgan fingerprint density at radius 2 is 1.87 bits per heavy atom. The highest BCUT2D eigenvalue weighted by Gasteiger charge is 2.33. The largest absolute Gasteiger partial charge is 0.301 e. The number of hydrogen-bond acceptors (Lipinski definition) is 3. The minimum Gasteiger partial charge on any atom is -0.301 e. The molecule has 90 valence electrons. The highest BCUT2D eigenvalue weighted by atomic mass is 32.2. The van der Waals surface area contributed by atoms with E-state index >= 15 is 0 Å². The number of rotatable bonds is 6. The normalized spacial score (nSPS) is 14.7. The molecule has 0 fully saturated rings. The van der Waals surface area contributed by atoms with Crippen LogP contribution < -0.4 is 0 Å². The average molecular weight is 249 g/mol. The van der Waals surface area contributed by atoms with Crippen molar-refractivity contribution >= 4 is 25.5 Å². The van der Waals surface area contributed by atoms with E-state index in [1.165, 1.54) is 0 Å². The van der Waals surface area contributed by atoms with Crippen LogP contribution in [0.5, 0.6) is 0 Å². The Morgan fingerprint density at radius 3 is 2.13 bits per heavy atom. The Bertz CT molecular complexity index is 209. The Balaban J connectivity index is 4.56. The maximum absolute atomic E-state index is 11.0. The smallest absolute Gasteiger partial charge is 0.139 e. The molecular formula is C11H24NOPS. The molecule has 0 N–H and O–H groups in total. The molecule has 0 heterocycles. The maximum atomic E-state index is 11.0. The van der Waals surface area contributed by atoms with Gasteiger partial charge in [-0.15, -0.1) is 11.8 Å². The van der Waals surface area contributed by atoms with E-state index < -0.39 is 0 Å². The molecule has 0 aromatic heterocycles. The van der Waals surface area contributed by atoms with E-state index in [2.05, 4.69) is 46.2 Å². The topological polar surface area (TPSA) is 20.3 Å². The number of ketones is 1. The lowest BCUT2D eigenvalue weighted by atomic mass is 10.2. The summed E-state index contributed by atoms with van der Waals surface area (Å²) >= 11 is 1.78. The number of hydrogen-bond donors (Lipinski definition) is 0. The van der Waals surface area contributed by atoms with Crippen molar-refractivity contribution < 1.29 is 4.79 Å². The fourth-order valence-electron chi connectivity index (χ4n) is 2.07. The van der Waals surface area contributed by atoms with Gasteiger partial charge in [0, 0.05) is 10.5 Å². The fraction of sp³-hybridized carbons (Fsp3) is 0.909. The van der Waals surface area contributed by atoms with Crippen molar-refractivity contribution in [3.63, 3.8) is 0 Å². The van der Waals surface area contributed by atoms with Crippen LogP contribution in [0.1, 0.15) is 20.8 Å². The predicted octanol–water partition coefficient (Wildman–Crippen LogP) is 2.72. The fourth-order valence-corrected chi connectivity index (χ4v) is 6.03. The summed E-state index contributed by atoms with van der Waals surface area (Å²) in [5, 5.41) is 0. The summed E-state index contributed by atoms with van der Waals surface area (Å²) in [5.74, 6) is 1.44. The molecule has 0 aliphatic heterocycles. The standard InChI is InChI=1S/C11H24NOPS/c1-9(13)8-15-11(2,3)10(12(4)5)14(6)7/h10H,8H2,1-7H3. The van der Waals surface area contributed by atoms with Gasteiger partial charge in [0.05, 0.1) is 5.75 Å². The summed E-state index contributed by atoms with van der Waals surface area (Å²) in [6.45, 7) is 10.8. The van der Waals surface area contributed by atoms with Gasteiger partial charge in [0.2, 0.25) is 0 Å². The van der Waals surface area contributed by atoms with Crippen molar-refractivity contribution in [2.75, 3.05) is 33.2 Å². The Hall–Kier alpha value is 0.410. The van der Waals surface area contributed by atoms with Gasteiger partial charge >= 0.3 is 0 Å². The molecule has 0 rings (SSSR count). The van der Waals surface area contributed by atoms with Gasteiger partial charge in [0.25, 0.3) is 0 Å². The van der Waals surface area contributed by atoms with Crippen LogP contribution in [0.2, 0.25) is 0 Å². The summed E-state index contributed by atoms with van der Waals surface area (Å²) in [5.41, 5.74) is 0. The summed E-state index contributed by atoms with van der Waals surface area (Å²) in [6.07, 6.45) is 0. The van der Waals surface area contributed by atoms with Crippen molar-refractivity contribution in [3.8, 4) is 0 Å². The quantitative estimate of drug-likeness (QED) is 0.675. The lowest BCUT2D eigenvalue weighted by molar-refractivity contribution is -0.114. The average Bonchev–Trinajstić information content (AvgIpc) is 1.98. The Labute approximate surface area is 99.9 Å². The first-order valence-electron chi connectivity index (χ1n) is 5.14. The first kappa shape index (κ1) is 15.4. The van der Waals surface area contributed by atoms with Crippen LogP contribution in [0.15, 0.2) is 0 Å². The summed E-state index contributed by atoms with van der Waals surface area (Å²) in [4.78, 5) is 13.3. The molecule has 0 aliphatic rings. The van der Waals surface area contributed by atoms with E-state index in [0.29, 0.717) is 11.5 Å². The van der Waals surface area contributed by atoms with E-state index in [4.69, 9.17) is 0 Å². The summed E-state index contributed by atoms with van der Waals surface area (Å²) < 4.78 is 0.143. The Morgan fingerprint density at radius 1 is 1.40 bits per heavy atom. The zero-order valence-corrected chi connectivity index (χ0v) is 12.7. The van der Waals surface area contributed by atoms with Gasteiger partial charge in [-0.25, -0.2) is 0 Å². The van der Waals surface area contributed by atoms with E-state index in [0.717, 1.165) is 0 Å². The summed E-state index contributed by atoms with van der Waals surface area (Å²) in [7, 11) is 4.23. The minimum atomic E-state index is -0.0284. The highest BCUT2D eigenvalue weighted by molar-refractivity contribution is 8.01. The molecule has 15 heavy (non-hydrogen) atoms. The van der Waals surface area contributed by atoms with E-state index in [9.17, 15) is 4.79 Å². The van der Waals surface area contributed by atoms with Crippen molar-refractivity contribution in [1.82, 2.24) is 4.90 Å². The van der Waals surface area contributed by atoms with Crippen molar-refractivity contribution in [3.05, 3.63) is 0 Å². The van der Waals surface area contributed by atoms with Gasteiger partial charge in [-0.2, -0.15) is 0 Å². The molecule has 0 bridgehead atoms. The monoisotopic (exact) mass is 249 g/mol. The molecular weight excluding hydrogens is 225 g/mol. The molecule has 2 nitrogen and oxygen atoms in total. The molecule has 0 amide bonds. The predicted molar refractivity (Wildman–Crippen MR) is 73.5 cm³/mol. The zero-order chi connectivity index (χ0) is 12.2.